The van der Waals surface area contributed by atoms with Gasteiger partial charge in [-0.25, -0.2) is 0 Å². The van der Waals surface area contributed by atoms with Crippen LogP contribution in [0, 0.1) is 0 Å². The largest absolute Gasteiger partial charge is 0.310 e. The van der Waals surface area contributed by atoms with E-state index in [1.54, 1.807) is 0 Å². The number of nitrogens with zero attached hydrogens (tertiary/aromatic N) is 2. The fourth-order valence-electron chi connectivity index (χ4n) is 18.6. The minimum atomic E-state index is -0.575. The highest BCUT2D eigenvalue weighted by Crippen LogP contribution is 2.61. The van der Waals surface area contributed by atoms with Crippen LogP contribution >= 0.6 is 22.7 Å². The first-order valence-electron chi connectivity index (χ1n) is 36.4. The van der Waals surface area contributed by atoms with E-state index in [0.29, 0.717) is 0 Å². The summed E-state index contributed by atoms with van der Waals surface area (Å²) in [5.41, 5.74) is 30.4. The molecule has 16 aromatic carbocycles. The third kappa shape index (κ3) is 9.13. The van der Waals surface area contributed by atoms with Crippen LogP contribution < -0.4 is 9.80 Å². The zero-order valence-corrected chi connectivity index (χ0v) is 59.6. The molecule has 0 amide bonds. The Hall–Kier alpha value is -12.4. The first-order valence-corrected chi connectivity index (χ1v) is 38.1. The van der Waals surface area contributed by atoms with Crippen LogP contribution in [0.4, 0.5) is 34.1 Å². The van der Waals surface area contributed by atoms with Crippen molar-refractivity contribution < 1.29 is 0 Å². The molecule has 0 saturated carbocycles. The molecule has 0 bridgehead atoms. The predicted octanol–water partition coefficient (Wildman–Crippen LogP) is 27.7. The van der Waals surface area contributed by atoms with Gasteiger partial charge in [0.15, 0.2) is 0 Å². The summed E-state index contributed by atoms with van der Waals surface area (Å²) in [6.07, 6.45) is 0. The number of thiophene rings is 2. The number of hydrogen-bond donors (Lipinski definition) is 0. The highest BCUT2D eigenvalue weighted by molar-refractivity contribution is 7.26. The lowest BCUT2D eigenvalue weighted by molar-refractivity contribution is 0.660. The number of para-hydroxylation sites is 1. The molecule has 0 aliphatic heterocycles. The molecule has 3 aliphatic carbocycles. The number of fused-ring (bicyclic) bond motifs is 15. The van der Waals surface area contributed by atoms with E-state index in [2.05, 4.69) is 400 Å². The number of anilines is 6. The fraction of sp³-hybridized carbons (Fsp3) is 0.0495. The quantitative estimate of drug-likeness (QED) is 0.120. The summed E-state index contributed by atoms with van der Waals surface area (Å²) in [6, 6.07) is 142. The lowest BCUT2D eigenvalue weighted by atomic mass is 9.67. The summed E-state index contributed by atoms with van der Waals surface area (Å²) in [4.78, 5) is 5.06. The van der Waals surface area contributed by atoms with Crippen molar-refractivity contribution in [2.24, 2.45) is 0 Å². The molecule has 0 radical (unpaired) electrons. The van der Waals surface area contributed by atoms with Crippen molar-refractivity contribution in [3.63, 3.8) is 0 Å². The van der Waals surface area contributed by atoms with Gasteiger partial charge in [0.2, 0.25) is 0 Å². The molecule has 18 aromatic rings. The molecular weight excluding hydrogens is 1310 g/mol. The molecule has 0 N–H and O–H groups in total. The van der Waals surface area contributed by atoms with E-state index in [1.165, 1.54) is 140 Å². The van der Waals surface area contributed by atoms with Crippen LogP contribution in [0.2, 0.25) is 0 Å². The van der Waals surface area contributed by atoms with Crippen LogP contribution in [0.5, 0.6) is 0 Å². The zero-order valence-electron chi connectivity index (χ0n) is 58.0. The van der Waals surface area contributed by atoms with Crippen LogP contribution in [0.15, 0.2) is 376 Å². The maximum atomic E-state index is 2.53. The molecule has 0 atom stereocenters. The van der Waals surface area contributed by atoms with Gasteiger partial charge in [0, 0.05) is 79.8 Å². The summed E-state index contributed by atoms with van der Waals surface area (Å²) >= 11 is 3.75. The van der Waals surface area contributed by atoms with E-state index >= 15 is 0 Å². The molecule has 21 rings (SSSR count). The van der Waals surface area contributed by atoms with Gasteiger partial charge in [-0.3, -0.25) is 0 Å². The Morgan fingerprint density at radius 2 is 0.581 bits per heavy atom. The normalized spacial score (nSPS) is 13.8. The van der Waals surface area contributed by atoms with Crippen molar-refractivity contribution in [1.29, 1.82) is 0 Å². The number of benzene rings is 16. The van der Waals surface area contributed by atoms with Crippen molar-refractivity contribution in [1.82, 2.24) is 0 Å². The van der Waals surface area contributed by atoms with E-state index in [4.69, 9.17) is 0 Å². The average Bonchev–Trinajstić information content (AvgIpc) is 1.57. The maximum Gasteiger partial charge on any atom is 0.0714 e. The molecule has 3 aliphatic rings. The molecule has 0 fully saturated rings. The standard InChI is InChI=1S/C101H68N2S2/c1-99(2)88-44-20-15-38-78(88)81-54-49-73(62-91(81)99)102(74-50-55-82-79-39-16-21-45-89(79)100(92(82)63-74,67-29-7-3-8-30-67)68-31-9-4-10-32-68)71-52-58-97-87(60-71)85-43-26-42-77(98(85)105-97)66-28-25-27-65(59-66)76-37-18-23-47-94(76)103(72-53-57-96-86(61-72)84-41-19-24-48-95(84)104-96)75-51-56-83-80-40-17-22-46-90(80)101(93(83)64-75,69-33-11-5-12-34-69)70-35-13-6-14-36-70/h3-64H,1-2H3. The van der Waals surface area contributed by atoms with Gasteiger partial charge in [-0.05, 0) is 197 Å². The van der Waals surface area contributed by atoms with Gasteiger partial charge in [0.25, 0.3) is 0 Å². The summed E-state index contributed by atoms with van der Waals surface area (Å²) in [5, 5.41) is 5.01. The monoisotopic (exact) mass is 1370 g/mol. The molecule has 4 heteroatoms. The summed E-state index contributed by atoms with van der Waals surface area (Å²) in [6.45, 7) is 4.78. The van der Waals surface area contributed by atoms with Crippen molar-refractivity contribution in [3.8, 4) is 55.6 Å². The van der Waals surface area contributed by atoms with E-state index < -0.39 is 10.8 Å². The lowest BCUT2D eigenvalue weighted by Gasteiger charge is -2.35. The predicted molar refractivity (Wildman–Crippen MR) is 445 cm³/mol. The minimum absolute atomic E-state index is 0.199. The van der Waals surface area contributed by atoms with Gasteiger partial charge in [-0.2, -0.15) is 0 Å². The van der Waals surface area contributed by atoms with Gasteiger partial charge < -0.3 is 9.80 Å². The van der Waals surface area contributed by atoms with Gasteiger partial charge in [-0.15, -0.1) is 22.7 Å². The number of hydrogen-bond acceptors (Lipinski definition) is 4. The van der Waals surface area contributed by atoms with Crippen molar-refractivity contribution in [2.45, 2.75) is 30.1 Å². The molecule has 2 nitrogen and oxygen atoms in total. The van der Waals surface area contributed by atoms with Crippen LogP contribution in [0.3, 0.4) is 0 Å². The third-order valence-corrected chi connectivity index (χ3v) is 25.6. The van der Waals surface area contributed by atoms with Crippen LogP contribution in [0.1, 0.15) is 69.5 Å². The zero-order chi connectivity index (χ0) is 69.5. The average molecular weight is 1370 g/mol. The molecular formula is C101H68N2S2. The maximum absolute atomic E-state index is 2.53. The van der Waals surface area contributed by atoms with Gasteiger partial charge in [-0.1, -0.05) is 299 Å². The molecule has 0 spiro atoms. The Kier molecular flexibility index (Phi) is 13.9. The second-order valence-electron chi connectivity index (χ2n) is 28.9. The van der Waals surface area contributed by atoms with Crippen molar-refractivity contribution in [2.75, 3.05) is 9.80 Å². The van der Waals surface area contributed by atoms with Crippen LogP contribution in [0.25, 0.3) is 96.0 Å². The van der Waals surface area contributed by atoms with E-state index in [9.17, 15) is 0 Å². The van der Waals surface area contributed by atoms with E-state index in [-0.39, 0.29) is 5.41 Å². The summed E-state index contributed by atoms with van der Waals surface area (Å²) < 4.78 is 5.08. The third-order valence-electron chi connectivity index (χ3n) is 23.2. The Labute approximate surface area is 620 Å². The molecule has 2 aromatic heterocycles. The van der Waals surface area contributed by atoms with Crippen molar-refractivity contribution in [3.05, 3.63) is 432 Å². The van der Waals surface area contributed by atoms with Gasteiger partial charge >= 0.3 is 0 Å². The lowest BCUT2D eigenvalue weighted by Crippen LogP contribution is -2.28. The summed E-state index contributed by atoms with van der Waals surface area (Å²) in [7, 11) is 0. The molecule has 2 heterocycles. The second-order valence-corrected chi connectivity index (χ2v) is 31.1. The first kappa shape index (κ1) is 61.2. The SMILES string of the molecule is CC1(C)c2ccccc2-c2ccc(N(c3ccc4c(c3)C(c3ccccc3)(c3ccccc3)c3ccccc3-4)c3ccc4sc5c(-c6cccc(-c7ccccc7N(c7ccc8c(c7)C(c7ccccc7)(c7ccccc7)c7ccccc7-8)c7ccc8sc9ccccc9c8c7)c6)cccc5c4c3)cc21. The van der Waals surface area contributed by atoms with Gasteiger partial charge in [0.05, 0.1) is 16.5 Å². The smallest absolute Gasteiger partial charge is 0.0714 e. The molecule has 0 saturated heterocycles. The number of rotatable bonds is 12. The molecule has 0 unspecified atom stereocenters. The summed E-state index contributed by atoms with van der Waals surface area (Å²) in [5.74, 6) is 0. The topological polar surface area (TPSA) is 6.48 Å². The Balaban J connectivity index is 0.719. The fourth-order valence-corrected chi connectivity index (χ4v) is 20.9. The molecule has 105 heavy (non-hydrogen) atoms. The highest BCUT2D eigenvalue weighted by Gasteiger charge is 2.48. The molecule has 494 valence electrons. The van der Waals surface area contributed by atoms with Crippen LogP contribution in [-0.4, -0.2) is 0 Å². The highest BCUT2D eigenvalue weighted by atomic mass is 32.1. The minimum Gasteiger partial charge on any atom is -0.310 e. The van der Waals surface area contributed by atoms with Gasteiger partial charge in [0.1, 0.15) is 0 Å². The van der Waals surface area contributed by atoms with Crippen LogP contribution in [-0.2, 0) is 16.2 Å². The Morgan fingerprint density at radius 3 is 1.15 bits per heavy atom. The van der Waals surface area contributed by atoms with E-state index in [1.807, 2.05) is 22.7 Å². The first-order chi connectivity index (χ1) is 51.8. The Morgan fingerprint density at radius 1 is 0.219 bits per heavy atom. The second kappa shape index (κ2) is 23.8. The van der Waals surface area contributed by atoms with E-state index in [0.717, 1.165) is 45.3 Å². The van der Waals surface area contributed by atoms with Crippen molar-refractivity contribution >= 4 is 97.1 Å². The Bertz CT molecular complexity index is 6440.